The van der Waals surface area contributed by atoms with Crippen molar-refractivity contribution >= 4 is 29.5 Å². The van der Waals surface area contributed by atoms with Crippen LogP contribution in [0, 0.1) is 0 Å². The number of esters is 1. The highest BCUT2D eigenvalue weighted by Crippen LogP contribution is 2.21. The van der Waals surface area contributed by atoms with Crippen LogP contribution in [0.5, 0.6) is 0 Å². The highest BCUT2D eigenvalue weighted by atomic mass is 32.1. The molecule has 0 aromatic heterocycles. The largest absolute Gasteiger partial charge is 0.469 e. The summed E-state index contributed by atoms with van der Waals surface area (Å²) in [4.78, 5) is 11.0. The SMILES string of the molecule is COC(=O)CCCCCNC(=S)N/N=C\c1ccc(C(C)(C)C)cc1. The summed E-state index contributed by atoms with van der Waals surface area (Å²) in [5, 5.41) is 7.73. The number of methoxy groups -OCH3 is 1. The molecule has 0 aliphatic heterocycles. The Balaban J connectivity index is 2.21. The Labute approximate surface area is 156 Å². The second kappa shape index (κ2) is 10.8. The van der Waals surface area contributed by atoms with E-state index < -0.39 is 0 Å². The minimum absolute atomic E-state index is 0.149. The lowest BCUT2D eigenvalue weighted by Crippen LogP contribution is -2.32. The van der Waals surface area contributed by atoms with Crippen LogP contribution in [0.1, 0.15) is 57.6 Å². The first-order valence-corrected chi connectivity index (χ1v) is 8.98. The summed E-state index contributed by atoms with van der Waals surface area (Å²) in [7, 11) is 1.41. The van der Waals surface area contributed by atoms with Gasteiger partial charge in [-0.25, -0.2) is 0 Å². The van der Waals surface area contributed by atoms with E-state index >= 15 is 0 Å². The highest BCUT2D eigenvalue weighted by Gasteiger charge is 2.12. The van der Waals surface area contributed by atoms with Gasteiger partial charge in [0.1, 0.15) is 0 Å². The average Bonchev–Trinajstić information content (AvgIpc) is 2.57. The first-order valence-electron chi connectivity index (χ1n) is 8.57. The number of hydrogen-bond donors (Lipinski definition) is 2. The molecule has 138 valence electrons. The Morgan fingerprint density at radius 3 is 2.48 bits per heavy atom. The van der Waals surface area contributed by atoms with Crippen LogP contribution in [-0.2, 0) is 14.9 Å². The molecule has 1 rings (SSSR count). The van der Waals surface area contributed by atoms with E-state index in [0.717, 1.165) is 31.4 Å². The van der Waals surface area contributed by atoms with Crippen LogP contribution in [0.25, 0.3) is 0 Å². The normalized spacial score (nSPS) is 11.4. The van der Waals surface area contributed by atoms with E-state index in [1.807, 2.05) is 12.1 Å². The van der Waals surface area contributed by atoms with Gasteiger partial charge in [-0.2, -0.15) is 5.10 Å². The summed E-state index contributed by atoms with van der Waals surface area (Å²) in [5.41, 5.74) is 5.27. The molecule has 1 aromatic carbocycles. The van der Waals surface area contributed by atoms with E-state index in [1.165, 1.54) is 12.7 Å². The Kier molecular flexibility index (Phi) is 9.13. The second-order valence-corrected chi connectivity index (χ2v) is 7.29. The summed E-state index contributed by atoms with van der Waals surface area (Å²) < 4.78 is 4.60. The van der Waals surface area contributed by atoms with Crippen molar-refractivity contribution in [1.29, 1.82) is 0 Å². The van der Waals surface area contributed by atoms with E-state index in [1.54, 1.807) is 6.21 Å². The average molecular weight is 364 g/mol. The summed E-state index contributed by atoms with van der Waals surface area (Å²) >= 11 is 5.17. The number of carbonyl (C=O) groups is 1. The van der Waals surface area contributed by atoms with Crippen molar-refractivity contribution < 1.29 is 9.53 Å². The first kappa shape index (κ1) is 21.1. The van der Waals surface area contributed by atoms with Gasteiger partial charge in [-0.1, -0.05) is 51.5 Å². The zero-order valence-electron chi connectivity index (χ0n) is 15.6. The summed E-state index contributed by atoms with van der Waals surface area (Å²) in [5.74, 6) is -0.157. The van der Waals surface area contributed by atoms with Crippen LogP contribution in [0.2, 0.25) is 0 Å². The molecular formula is C19H29N3O2S. The molecule has 0 spiro atoms. The van der Waals surface area contributed by atoms with Crippen molar-refractivity contribution in [1.82, 2.24) is 10.7 Å². The van der Waals surface area contributed by atoms with Gasteiger partial charge in [0.25, 0.3) is 0 Å². The maximum atomic E-state index is 11.0. The van der Waals surface area contributed by atoms with Crippen LogP contribution < -0.4 is 10.7 Å². The van der Waals surface area contributed by atoms with Crippen molar-refractivity contribution in [3.05, 3.63) is 35.4 Å². The molecule has 0 unspecified atom stereocenters. The van der Waals surface area contributed by atoms with Crippen molar-refractivity contribution in [2.24, 2.45) is 5.10 Å². The third-order valence-corrected chi connectivity index (χ3v) is 3.96. The van der Waals surface area contributed by atoms with Gasteiger partial charge < -0.3 is 10.1 Å². The van der Waals surface area contributed by atoms with Crippen molar-refractivity contribution in [3.8, 4) is 0 Å². The maximum Gasteiger partial charge on any atom is 0.305 e. The number of carbonyl (C=O) groups excluding carboxylic acids is 1. The molecule has 0 bridgehead atoms. The lowest BCUT2D eigenvalue weighted by Gasteiger charge is -2.18. The van der Waals surface area contributed by atoms with Crippen LogP contribution in [-0.4, -0.2) is 31.0 Å². The smallest absolute Gasteiger partial charge is 0.305 e. The van der Waals surface area contributed by atoms with Crippen molar-refractivity contribution in [2.45, 2.75) is 51.9 Å². The standard InChI is InChI=1S/C19H29N3O2S/c1-19(2,3)16-11-9-15(10-12-16)14-21-22-18(25)20-13-7-5-6-8-17(23)24-4/h9-12,14H,5-8,13H2,1-4H3,(H2,20,22,25)/b21-14-. The molecule has 25 heavy (non-hydrogen) atoms. The molecule has 1 aromatic rings. The number of thiocarbonyl (C=S) groups is 1. The zero-order valence-corrected chi connectivity index (χ0v) is 16.4. The molecule has 0 saturated heterocycles. The topological polar surface area (TPSA) is 62.7 Å². The second-order valence-electron chi connectivity index (χ2n) is 6.88. The molecule has 5 nitrogen and oxygen atoms in total. The Bertz CT molecular complexity index is 577. The molecule has 0 amide bonds. The fourth-order valence-corrected chi connectivity index (χ4v) is 2.30. The summed E-state index contributed by atoms with van der Waals surface area (Å²) in [6, 6.07) is 8.32. The van der Waals surface area contributed by atoms with Gasteiger partial charge in [0, 0.05) is 13.0 Å². The van der Waals surface area contributed by atoms with E-state index in [4.69, 9.17) is 12.2 Å². The molecule has 0 atom stereocenters. The molecule has 6 heteroatoms. The number of nitrogens with one attached hydrogen (secondary N) is 2. The Morgan fingerprint density at radius 2 is 1.88 bits per heavy atom. The molecule has 2 N–H and O–H groups in total. The summed E-state index contributed by atoms with van der Waals surface area (Å²) in [6.45, 7) is 7.33. The fourth-order valence-electron chi connectivity index (χ4n) is 2.15. The number of nitrogens with zero attached hydrogens (tertiary/aromatic N) is 1. The van der Waals surface area contributed by atoms with Gasteiger partial charge >= 0.3 is 5.97 Å². The number of hydrogen-bond acceptors (Lipinski definition) is 4. The number of hydrazone groups is 1. The molecular weight excluding hydrogens is 334 g/mol. The van der Waals surface area contributed by atoms with E-state index in [9.17, 15) is 4.79 Å². The lowest BCUT2D eigenvalue weighted by atomic mass is 9.87. The van der Waals surface area contributed by atoms with E-state index in [-0.39, 0.29) is 11.4 Å². The van der Waals surface area contributed by atoms with Crippen LogP contribution in [0.3, 0.4) is 0 Å². The van der Waals surface area contributed by atoms with Crippen molar-refractivity contribution in [3.63, 3.8) is 0 Å². The van der Waals surface area contributed by atoms with Gasteiger partial charge in [0.15, 0.2) is 5.11 Å². The van der Waals surface area contributed by atoms with Crippen LogP contribution >= 0.6 is 12.2 Å². The molecule has 0 aliphatic carbocycles. The fraction of sp³-hybridized carbons (Fsp3) is 0.526. The van der Waals surface area contributed by atoms with Gasteiger partial charge in [0.05, 0.1) is 13.3 Å². The Hall–Kier alpha value is -1.95. The van der Waals surface area contributed by atoms with Gasteiger partial charge in [0.2, 0.25) is 0 Å². The van der Waals surface area contributed by atoms with E-state index in [2.05, 4.69) is 53.5 Å². The molecule has 0 saturated carbocycles. The third kappa shape index (κ3) is 9.19. The maximum absolute atomic E-state index is 11.0. The minimum Gasteiger partial charge on any atom is -0.469 e. The first-order chi connectivity index (χ1) is 11.8. The highest BCUT2D eigenvalue weighted by molar-refractivity contribution is 7.80. The number of unbranched alkanes of at least 4 members (excludes halogenated alkanes) is 2. The molecule has 0 aliphatic rings. The van der Waals surface area contributed by atoms with Gasteiger partial charge in [-0.05, 0) is 41.6 Å². The van der Waals surface area contributed by atoms with Crippen molar-refractivity contribution in [2.75, 3.05) is 13.7 Å². The molecule has 0 radical (unpaired) electrons. The molecule has 0 fully saturated rings. The monoisotopic (exact) mass is 363 g/mol. The van der Waals surface area contributed by atoms with Crippen LogP contribution in [0.4, 0.5) is 0 Å². The van der Waals surface area contributed by atoms with E-state index in [0.29, 0.717) is 11.5 Å². The Morgan fingerprint density at radius 1 is 1.20 bits per heavy atom. The predicted molar refractivity (Wildman–Crippen MR) is 107 cm³/mol. The van der Waals surface area contributed by atoms with Gasteiger partial charge in [-0.15, -0.1) is 0 Å². The predicted octanol–water partition coefficient (Wildman–Crippen LogP) is 3.52. The number of rotatable bonds is 8. The quantitative estimate of drug-likeness (QED) is 0.243. The summed E-state index contributed by atoms with van der Waals surface area (Å²) in [6.07, 6.45) is 4.94. The van der Waals surface area contributed by atoms with Crippen LogP contribution in [0.15, 0.2) is 29.4 Å². The molecule has 0 heterocycles. The number of benzene rings is 1. The lowest BCUT2D eigenvalue weighted by molar-refractivity contribution is -0.140. The minimum atomic E-state index is -0.157. The zero-order chi connectivity index (χ0) is 18.7. The number of ether oxygens (including phenoxy) is 1. The third-order valence-electron chi connectivity index (χ3n) is 3.73. The van der Waals surface area contributed by atoms with Gasteiger partial charge in [-0.3, -0.25) is 10.2 Å².